The Morgan fingerprint density at radius 1 is 1.26 bits per heavy atom. The van der Waals surface area contributed by atoms with Crippen LogP contribution in [-0.2, 0) is 0 Å². The van der Waals surface area contributed by atoms with E-state index in [9.17, 15) is 9.18 Å². The van der Waals surface area contributed by atoms with Gasteiger partial charge in [-0.25, -0.2) is 13.7 Å². The van der Waals surface area contributed by atoms with Gasteiger partial charge in [-0.15, -0.1) is 0 Å². The highest BCUT2D eigenvalue weighted by atomic mass is 35.5. The molecule has 0 atom stereocenters. The van der Waals surface area contributed by atoms with Gasteiger partial charge < -0.3 is 0 Å². The van der Waals surface area contributed by atoms with Crippen LogP contribution >= 0.6 is 11.6 Å². The summed E-state index contributed by atoms with van der Waals surface area (Å²) >= 11 is 6.41. The van der Waals surface area contributed by atoms with Crippen LogP contribution < -0.4 is 5.56 Å². The number of nitrogens with zero attached hydrogens (tertiary/aromatic N) is 5. The van der Waals surface area contributed by atoms with Crippen LogP contribution in [0.25, 0.3) is 5.69 Å². The van der Waals surface area contributed by atoms with Crippen LogP contribution in [-0.4, -0.2) is 20.7 Å². The van der Waals surface area contributed by atoms with E-state index in [4.69, 9.17) is 16.9 Å². The van der Waals surface area contributed by atoms with Gasteiger partial charge in [0.15, 0.2) is 0 Å². The standard InChI is InChI=1S/C19H15ClFN5O/c1-11-8-12(2)25(19(27)16(11)9-22)23-10-17-13(3)24-26(18(17)20)15-6-4-14(21)5-7-15/h4-8,10H,1-3H3. The highest BCUT2D eigenvalue weighted by Gasteiger charge is 2.14. The second-order valence-corrected chi connectivity index (χ2v) is 6.35. The van der Waals surface area contributed by atoms with Crippen LogP contribution in [0.15, 0.2) is 40.2 Å². The maximum absolute atomic E-state index is 13.1. The summed E-state index contributed by atoms with van der Waals surface area (Å²) in [5.41, 5.74) is 2.45. The zero-order valence-corrected chi connectivity index (χ0v) is 15.6. The van der Waals surface area contributed by atoms with Gasteiger partial charge in [-0.2, -0.15) is 15.5 Å². The molecule has 0 N–H and O–H groups in total. The maximum Gasteiger partial charge on any atom is 0.289 e. The summed E-state index contributed by atoms with van der Waals surface area (Å²) < 4.78 is 15.7. The maximum atomic E-state index is 13.1. The molecule has 0 saturated heterocycles. The molecular weight excluding hydrogens is 369 g/mol. The summed E-state index contributed by atoms with van der Waals surface area (Å²) in [6.07, 6.45) is 1.43. The number of pyridine rings is 1. The summed E-state index contributed by atoms with van der Waals surface area (Å²) in [5, 5.41) is 18.0. The van der Waals surface area contributed by atoms with Crippen molar-refractivity contribution in [3.8, 4) is 11.8 Å². The molecule has 2 aromatic heterocycles. The quantitative estimate of drug-likeness (QED) is 0.649. The Morgan fingerprint density at radius 3 is 2.56 bits per heavy atom. The Hall–Kier alpha value is -3.24. The third-order valence-electron chi connectivity index (χ3n) is 4.09. The van der Waals surface area contributed by atoms with E-state index < -0.39 is 5.56 Å². The van der Waals surface area contributed by atoms with Gasteiger partial charge in [-0.05, 0) is 56.7 Å². The molecule has 0 amide bonds. The molecule has 27 heavy (non-hydrogen) atoms. The van der Waals surface area contributed by atoms with Gasteiger partial charge in [-0.1, -0.05) is 11.6 Å². The Balaban J connectivity index is 2.06. The Morgan fingerprint density at radius 2 is 1.93 bits per heavy atom. The lowest BCUT2D eigenvalue weighted by molar-refractivity contribution is 0.627. The van der Waals surface area contributed by atoms with Crippen molar-refractivity contribution in [2.75, 3.05) is 0 Å². The smallest absolute Gasteiger partial charge is 0.266 e. The number of hydrogen-bond acceptors (Lipinski definition) is 4. The minimum absolute atomic E-state index is 0.0441. The molecule has 0 radical (unpaired) electrons. The number of benzene rings is 1. The number of aryl methyl sites for hydroxylation is 3. The summed E-state index contributed by atoms with van der Waals surface area (Å²) in [7, 11) is 0. The van der Waals surface area contributed by atoms with Gasteiger partial charge in [0, 0.05) is 5.69 Å². The first kappa shape index (κ1) is 18.5. The van der Waals surface area contributed by atoms with E-state index in [1.165, 1.54) is 23.0 Å². The molecule has 0 aliphatic heterocycles. The lowest BCUT2D eigenvalue weighted by Gasteiger charge is -2.06. The van der Waals surface area contributed by atoms with Crippen molar-refractivity contribution in [1.82, 2.24) is 14.5 Å². The van der Waals surface area contributed by atoms with Gasteiger partial charge in [-0.3, -0.25) is 4.79 Å². The summed E-state index contributed by atoms with van der Waals surface area (Å²) in [5.74, 6) is -0.358. The van der Waals surface area contributed by atoms with E-state index in [0.29, 0.717) is 28.2 Å². The average molecular weight is 384 g/mol. The van der Waals surface area contributed by atoms with Crippen molar-refractivity contribution < 1.29 is 4.39 Å². The number of aromatic nitrogens is 3. The minimum atomic E-state index is -0.494. The van der Waals surface area contributed by atoms with Crippen LogP contribution in [0.1, 0.15) is 28.1 Å². The summed E-state index contributed by atoms with van der Waals surface area (Å²) in [6.45, 7) is 5.18. The fraction of sp³-hybridized carbons (Fsp3) is 0.158. The van der Waals surface area contributed by atoms with Gasteiger partial charge in [0.1, 0.15) is 22.6 Å². The van der Waals surface area contributed by atoms with Crippen LogP contribution in [0.5, 0.6) is 0 Å². The second-order valence-electron chi connectivity index (χ2n) is 6.00. The fourth-order valence-electron chi connectivity index (χ4n) is 2.69. The van der Waals surface area contributed by atoms with Crippen molar-refractivity contribution in [3.63, 3.8) is 0 Å². The topological polar surface area (TPSA) is 76.0 Å². The van der Waals surface area contributed by atoms with E-state index in [0.717, 1.165) is 4.68 Å². The molecule has 0 bridgehead atoms. The molecule has 0 unspecified atom stereocenters. The first-order valence-corrected chi connectivity index (χ1v) is 8.40. The van der Waals surface area contributed by atoms with E-state index in [1.807, 2.05) is 6.07 Å². The van der Waals surface area contributed by atoms with Crippen molar-refractivity contribution in [2.45, 2.75) is 20.8 Å². The molecule has 0 saturated carbocycles. The van der Waals surface area contributed by atoms with E-state index >= 15 is 0 Å². The van der Waals surface area contributed by atoms with Gasteiger partial charge in [0.2, 0.25) is 0 Å². The molecule has 0 aliphatic carbocycles. The lowest BCUT2D eigenvalue weighted by Crippen LogP contribution is -2.22. The highest BCUT2D eigenvalue weighted by Crippen LogP contribution is 2.22. The largest absolute Gasteiger partial charge is 0.289 e. The van der Waals surface area contributed by atoms with Crippen LogP contribution in [0.3, 0.4) is 0 Å². The minimum Gasteiger partial charge on any atom is -0.266 e. The van der Waals surface area contributed by atoms with Gasteiger partial charge in [0.05, 0.1) is 23.2 Å². The van der Waals surface area contributed by atoms with Crippen molar-refractivity contribution in [2.24, 2.45) is 5.10 Å². The van der Waals surface area contributed by atoms with Crippen LogP contribution in [0.2, 0.25) is 5.15 Å². The summed E-state index contributed by atoms with van der Waals surface area (Å²) in [6, 6.07) is 9.36. The normalized spacial score (nSPS) is 11.1. The van der Waals surface area contributed by atoms with Crippen LogP contribution in [0.4, 0.5) is 4.39 Å². The molecule has 0 aliphatic rings. The van der Waals surface area contributed by atoms with E-state index in [2.05, 4.69) is 10.2 Å². The molecule has 0 fully saturated rings. The molecule has 0 spiro atoms. The summed E-state index contributed by atoms with van der Waals surface area (Å²) in [4.78, 5) is 12.4. The molecule has 2 heterocycles. The first-order chi connectivity index (χ1) is 12.8. The van der Waals surface area contributed by atoms with Gasteiger partial charge >= 0.3 is 0 Å². The first-order valence-electron chi connectivity index (χ1n) is 8.02. The fourth-order valence-corrected chi connectivity index (χ4v) is 3.01. The van der Waals surface area contributed by atoms with Crippen LogP contribution in [0, 0.1) is 37.9 Å². The van der Waals surface area contributed by atoms with Gasteiger partial charge in [0.25, 0.3) is 5.56 Å². The SMILES string of the molecule is Cc1cc(C)n(N=Cc2c(C)nn(-c3ccc(F)cc3)c2Cl)c(=O)c1C#N. The molecular formula is C19H15ClFN5O. The lowest BCUT2D eigenvalue weighted by atomic mass is 10.1. The number of hydrogen-bond donors (Lipinski definition) is 0. The van der Waals surface area contributed by atoms with E-state index in [1.54, 1.807) is 39.0 Å². The average Bonchev–Trinajstić information content (AvgIpc) is 2.90. The molecule has 136 valence electrons. The Bertz CT molecular complexity index is 1150. The molecule has 8 heteroatoms. The Kier molecular flexibility index (Phi) is 4.93. The zero-order valence-electron chi connectivity index (χ0n) is 14.9. The monoisotopic (exact) mass is 383 g/mol. The zero-order chi connectivity index (χ0) is 19.7. The van der Waals surface area contributed by atoms with Crippen molar-refractivity contribution >= 4 is 17.8 Å². The number of nitriles is 1. The molecule has 6 nitrogen and oxygen atoms in total. The third kappa shape index (κ3) is 3.39. The highest BCUT2D eigenvalue weighted by molar-refractivity contribution is 6.32. The van der Waals surface area contributed by atoms with Crippen molar-refractivity contribution in [3.05, 3.63) is 79.7 Å². The Labute approximate surface area is 159 Å². The third-order valence-corrected chi connectivity index (χ3v) is 4.46. The van der Waals surface area contributed by atoms with Crippen molar-refractivity contribution in [1.29, 1.82) is 5.26 Å². The number of rotatable bonds is 3. The predicted octanol–water partition coefficient (Wildman–Crippen LogP) is 3.51. The number of halogens is 2. The second kappa shape index (κ2) is 7.17. The molecule has 3 aromatic rings. The molecule has 1 aromatic carbocycles. The molecule has 3 rings (SSSR count). The predicted molar refractivity (Wildman–Crippen MR) is 101 cm³/mol. The van der Waals surface area contributed by atoms with E-state index in [-0.39, 0.29) is 16.5 Å².